The number of sulfonamides is 1. The Morgan fingerprint density at radius 3 is 2.03 bits per heavy atom. The number of anilines is 1. The largest absolute Gasteiger partial charge is 0.497 e. The van der Waals surface area contributed by atoms with E-state index in [2.05, 4.69) is 5.32 Å². The van der Waals surface area contributed by atoms with E-state index in [1.54, 1.807) is 31.4 Å². The highest BCUT2D eigenvalue weighted by Gasteiger charge is 2.29. The Morgan fingerprint density at radius 1 is 0.842 bits per heavy atom. The molecular weight excluding hydrogens is 508 g/mol. The zero-order valence-electron chi connectivity index (χ0n) is 22.3. The second kappa shape index (κ2) is 13.0. The minimum atomic E-state index is -4.17. The van der Waals surface area contributed by atoms with Crippen molar-refractivity contribution in [2.75, 3.05) is 38.8 Å². The molecule has 3 rings (SSSR count). The lowest BCUT2D eigenvalue weighted by atomic mass is 10.0. The summed E-state index contributed by atoms with van der Waals surface area (Å²) in [7, 11) is 0.312. The fourth-order valence-electron chi connectivity index (χ4n) is 3.92. The van der Waals surface area contributed by atoms with Crippen LogP contribution in [-0.4, -0.2) is 48.8 Å². The van der Waals surface area contributed by atoms with Crippen LogP contribution in [-0.2, 0) is 14.8 Å². The number of rotatable bonds is 13. The van der Waals surface area contributed by atoms with Crippen LogP contribution in [0.25, 0.3) is 0 Å². The smallest absolute Gasteiger partial charge is 0.264 e. The van der Waals surface area contributed by atoms with Gasteiger partial charge in [0.2, 0.25) is 5.91 Å². The van der Waals surface area contributed by atoms with E-state index in [9.17, 15) is 13.2 Å². The molecule has 9 nitrogen and oxygen atoms in total. The van der Waals surface area contributed by atoms with Gasteiger partial charge in [0.1, 0.15) is 18.0 Å². The van der Waals surface area contributed by atoms with Crippen molar-refractivity contribution in [1.82, 2.24) is 5.32 Å². The summed E-state index contributed by atoms with van der Waals surface area (Å²) in [6, 6.07) is 17.9. The van der Waals surface area contributed by atoms with Gasteiger partial charge in [0.15, 0.2) is 11.5 Å². The summed E-state index contributed by atoms with van der Waals surface area (Å²) >= 11 is 0. The fourth-order valence-corrected chi connectivity index (χ4v) is 5.36. The average molecular weight is 543 g/mol. The molecule has 1 N–H and O–H groups in total. The molecule has 0 fully saturated rings. The molecule has 0 aromatic heterocycles. The quantitative estimate of drug-likeness (QED) is 0.337. The van der Waals surface area contributed by atoms with Crippen molar-refractivity contribution >= 4 is 21.6 Å². The number of hydrogen-bond acceptors (Lipinski definition) is 7. The summed E-state index contributed by atoms with van der Waals surface area (Å²) in [5.41, 5.74) is 1.20. The van der Waals surface area contributed by atoms with Gasteiger partial charge in [-0.25, -0.2) is 8.42 Å². The van der Waals surface area contributed by atoms with Crippen molar-refractivity contribution in [3.63, 3.8) is 0 Å². The van der Waals surface area contributed by atoms with Crippen molar-refractivity contribution in [1.29, 1.82) is 0 Å². The molecular formula is C28H34N2O7S. The number of carbonyl (C=O) groups excluding carboxylic acids is 1. The Labute approximate surface area is 224 Å². The van der Waals surface area contributed by atoms with Gasteiger partial charge < -0.3 is 24.3 Å². The topological polar surface area (TPSA) is 103 Å². The van der Waals surface area contributed by atoms with E-state index >= 15 is 0 Å². The molecule has 0 saturated carbocycles. The average Bonchev–Trinajstić information content (AvgIpc) is 2.94. The van der Waals surface area contributed by atoms with Crippen LogP contribution in [0.4, 0.5) is 5.69 Å². The van der Waals surface area contributed by atoms with Gasteiger partial charge in [-0.3, -0.25) is 9.10 Å². The lowest BCUT2D eigenvalue weighted by molar-refractivity contribution is -0.120. The van der Waals surface area contributed by atoms with Gasteiger partial charge >= 0.3 is 0 Å². The van der Waals surface area contributed by atoms with Gasteiger partial charge in [0.25, 0.3) is 10.0 Å². The number of benzene rings is 3. The molecule has 0 aliphatic heterocycles. The maximum atomic E-state index is 13.8. The number of carbonyl (C=O) groups is 1. The van der Waals surface area contributed by atoms with Crippen molar-refractivity contribution in [2.45, 2.75) is 31.2 Å². The van der Waals surface area contributed by atoms with Crippen LogP contribution in [0.15, 0.2) is 71.6 Å². The van der Waals surface area contributed by atoms with Crippen LogP contribution in [0.1, 0.15) is 31.9 Å². The summed E-state index contributed by atoms with van der Waals surface area (Å²) in [4.78, 5) is 13.2. The molecule has 0 heterocycles. The lowest BCUT2D eigenvalue weighted by Crippen LogP contribution is -2.42. The summed E-state index contributed by atoms with van der Waals surface area (Å²) in [5.74, 6) is 1.50. The Hall–Kier alpha value is -3.92. The van der Waals surface area contributed by atoms with E-state index in [0.29, 0.717) is 36.0 Å². The molecule has 0 saturated heterocycles. The first kappa shape index (κ1) is 28.6. The number of hydrogen-bond donors (Lipinski definition) is 1. The minimum Gasteiger partial charge on any atom is -0.497 e. The molecule has 1 amide bonds. The van der Waals surface area contributed by atoms with Crippen molar-refractivity contribution < 1.29 is 32.2 Å². The highest BCUT2D eigenvalue weighted by Crippen LogP contribution is 2.33. The van der Waals surface area contributed by atoms with Crippen LogP contribution in [0.5, 0.6) is 23.0 Å². The molecule has 0 aliphatic rings. The molecule has 38 heavy (non-hydrogen) atoms. The molecule has 3 aromatic rings. The van der Waals surface area contributed by atoms with Gasteiger partial charge in [0.05, 0.1) is 44.6 Å². The number of nitrogens with one attached hydrogen (secondary N) is 1. The lowest BCUT2D eigenvalue weighted by Gasteiger charge is -2.26. The Kier molecular flexibility index (Phi) is 9.84. The highest BCUT2D eigenvalue weighted by atomic mass is 32.2. The predicted molar refractivity (Wildman–Crippen MR) is 146 cm³/mol. The van der Waals surface area contributed by atoms with Crippen LogP contribution in [0.2, 0.25) is 0 Å². The molecule has 204 valence electrons. The van der Waals surface area contributed by atoms with E-state index < -0.39 is 22.5 Å². The first-order valence-corrected chi connectivity index (χ1v) is 13.6. The number of ether oxygens (including phenoxy) is 4. The molecule has 3 aromatic carbocycles. The van der Waals surface area contributed by atoms with Gasteiger partial charge in [-0.1, -0.05) is 19.1 Å². The van der Waals surface area contributed by atoms with Crippen LogP contribution in [0.3, 0.4) is 0 Å². The third-order valence-electron chi connectivity index (χ3n) is 5.93. The van der Waals surface area contributed by atoms with E-state index in [0.717, 1.165) is 9.87 Å². The van der Waals surface area contributed by atoms with Crippen molar-refractivity contribution in [3.8, 4) is 23.0 Å². The molecule has 0 unspecified atom stereocenters. The Bertz CT molecular complexity index is 1310. The van der Waals surface area contributed by atoms with Crippen LogP contribution >= 0.6 is 0 Å². The Morgan fingerprint density at radius 2 is 1.47 bits per heavy atom. The van der Waals surface area contributed by atoms with Crippen molar-refractivity contribution in [3.05, 3.63) is 72.3 Å². The molecule has 0 aliphatic carbocycles. The van der Waals surface area contributed by atoms with Crippen molar-refractivity contribution in [2.24, 2.45) is 0 Å². The normalized spacial score (nSPS) is 11.8. The zero-order valence-corrected chi connectivity index (χ0v) is 23.1. The number of amides is 1. The highest BCUT2D eigenvalue weighted by molar-refractivity contribution is 7.92. The predicted octanol–water partition coefficient (Wildman–Crippen LogP) is 4.57. The third kappa shape index (κ3) is 6.69. The molecule has 10 heteroatoms. The summed E-state index contributed by atoms with van der Waals surface area (Å²) in [5, 5.41) is 2.96. The second-order valence-corrected chi connectivity index (χ2v) is 10.1. The van der Waals surface area contributed by atoms with Gasteiger partial charge in [-0.15, -0.1) is 0 Å². The van der Waals surface area contributed by atoms with Gasteiger partial charge in [-0.2, -0.15) is 0 Å². The first-order valence-electron chi connectivity index (χ1n) is 12.2. The third-order valence-corrected chi connectivity index (χ3v) is 7.70. The molecule has 0 bridgehead atoms. The van der Waals surface area contributed by atoms with Crippen LogP contribution < -0.4 is 28.6 Å². The van der Waals surface area contributed by atoms with E-state index in [1.807, 2.05) is 38.1 Å². The monoisotopic (exact) mass is 542 g/mol. The minimum absolute atomic E-state index is 0.0426. The van der Waals surface area contributed by atoms with Crippen LogP contribution in [0, 0.1) is 0 Å². The van der Waals surface area contributed by atoms with Gasteiger partial charge in [-0.05, 0) is 67.4 Å². The summed E-state index contributed by atoms with van der Waals surface area (Å²) in [6.07, 6.45) is 0.615. The number of methoxy groups -OCH3 is 3. The molecule has 1 atom stereocenters. The molecule has 0 spiro atoms. The SMILES string of the molecule is CCOc1ccc(N(CC(=O)N[C@@H](CC)c2ccc(OC)cc2)S(=O)(=O)c2ccc(OC)c(OC)c2)cc1. The van der Waals surface area contributed by atoms with E-state index in [-0.39, 0.29) is 16.7 Å². The molecule has 0 radical (unpaired) electrons. The fraction of sp³-hybridized carbons (Fsp3) is 0.321. The maximum Gasteiger partial charge on any atom is 0.264 e. The van der Waals surface area contributed by atoms with Gasteiger partial charge in [0, 0.05) is 6.07 Å². The Balaban J connectivity index is 1.95. The summed E-state index contributed by atoms with van der Waals surface area (Å²) < 4.78 is 50.0. The zero-order chi connectivity index (χ0) is 27.7. The number of nitrogens with zero attached hydrogens (tertiary/aromatic N) is 1. The second-order valence-electron chi connectivity index (χ2n) is 8.26. The standard InChI is InChI=1S/C28H34N2O7S/c1-6-25(20-8-12-22(34-3)13-9-20)29-28(31)19-30(21-10-14-23(15-11-21)37-7-2)38(32,33)24-16-17-26(35-4)27(18-24)36-5/h8-18,25H,6-7,19H2,1-5H3,(H,29,31)/t25-/m0/s1. The summed E-state index contributed by atoms with van der Waals surface area (Å²) in [6.45, 7) is 3.84. The first-order chi connectivity index (χ1) is 18.3. The maximum absolute atomic E-state index is 13.8. The van der Waals surface area contributed by atoms with E-state index in [1.165, 1.54) is 32.4 Å². The van der Waals surface area contributed by atoms with E-state index in [4.69, 9.17) is 18.9 Å².